The second-order valence-corrected chi connectivity index (χ2v) is 12.0. The summed E-state index contributed by atoms with van der Waals surface area (Å²) in [7, 11) is 2.19. The van der Waals surface area contributed by atoms with Crippen molar-refractivity contribution in [1.82, 2.24) is 25.2 Å². The molecule has 1 aromatic carbocycles. The van der Waals surface area contributed by atoms with Gasteiger partial charge in [-0.15, -0.1) is 6.58 Å². The minimum atomic E-state index is -4.95. The number of carbonyl (C=O) groups excluding carboxylic acids is 1. The molecule has 1 atom stereocenters. The van der Waals surface area contributed by atoms with Gasteiger partial charge in [0, 0.05) is 37.2 Å². The van der Waals surface area contributed by atoms with E-state index in [-0.39, 0.29) is 29.7 Å². The fourth-order valence-corrected chi connectivity index (χ4v) is 5.72. The number of likely N-dealkylation sites (tertiary alicyclic amines) is 1. The number of piperidine rings is 2. The number of rotatable bonds is 9. The number of aromatic nitrogens is 3. The molecule has 0 bridgehead atoms. The maximum Gasteiger partial charge on any atom is 0.422 e. The Bertz CT molecular complexity index is 1490. The Labute approximate surface area is 260 Å². The van der Waals surface area contributed by atoms with Crippen molar-refractivity contribution in [2.45, 2.75) is 44.4 Å². The molecule has 0 saturated carbocycles. The molecule has 2 aliphatic heterocycles. The molecule has 2 fully saturated rings. The van der Waals surface area contributed by atoms with Gasteiger partial charge < -0.3 is 30.9 Å². The van der Waals surface area contributed by atoms with Crippen LogP contribution < -0.4 is 20.9 Å². The maximum atomic E-state index is 13.4. The summed E-state index contributed by atoms with van der Waals surface area (Å²) in [4.78, 5) is 30.3. The van der Waals surface area contributed by atoms with Crippen molar-refractivity contribution in [2.75, 3.05) is 55.3 Å². The summed E-state index contributed by atoms with van der Waals surface area (Å²) in [6, 6.07) is 11.8. The SMILES string of the molecule is C=CCNC(=O)c1cnc(Nc2ccc(N3CCC4(CCN(C)CC4)CC3)cc2)nc1Nc1cccc([C@@](C)(O)C(F)(F)F)n1. The number of alkyl halides is 3. The summed E-state index contributed by atoms with van der Waals surface area (Å²) < 4.78 is 40.3. The number of anilines is 5. The number of amides is 1. The summed E-state index contributed by atoms with van der Waals surface area (Å²) in [6.45, 7) is 8.79. The normalized spacial score (nSPS) is 18.2. The Balaban J connectivity index is 1.31. The van der Waals surface area contributed by atoms with Crippen LogP contribution >= 0.6 is 0 Å². The molecule has 13 heteroatoms. The van der Waals surface area contributed by atoms with Crippen molar-refractivity contribution in [1.29, 1.82) is 0 Å². The quantitative estimate of drug-likeness (QED) is 0.234. The third-order valence-electron chi connectivity index (χ3n) is 8.85. The Hall–Kier alpha value is -4.23. The highest BCUT2D eigenvalue weighted by atomic mass is 19.4. The van der Waals surface area contributed by atoms with Crippen LogP contribution in [0.2, 0.25) is 0 Å². The molecular weight excluding hydrogens is 585 g/mol. The number of hydrogen-bond acceptors (Lipinski definition) is 9. The van der Waals surface area contributed by atoms with Crippen molar-refractivity contribution in [3.63, 3.8) is 0 Å². The molecule has 4 N–H and O–H groups in total. The number of carbonyl (C=O) groups is 1. The van der Waals surface area contributed by atoms with E-state index in [0.29, 0.717) is 12.3 Å². The molecule has 4 heterocycles. The van der Waals surface area contributed by atoms with E-state index in [0.717, 1.165) is 30.5 Å². The van der Waals surface area contributed by atoms with Crippen LogP contribution in [0.3, 0.4) is 0 Å². The lowest BCUT2D eigenvalue weighted by Gasteiger charge is -2.46. The number of aliphatic hydroxyl groups is 1. The van der Waals surface area contributed by atoms with Crippen LogP contribution in [0.5, 0.6) is 0 Å². The largest absolute Gasteiger partial charge is 0.422 e. The Kier molecular flexibility index (Phi) is 9.31. The standard InChI is InChI=1S/C32H39F3N8O2/c1-4-16-36-28(44)24-21-37-29(41-27(24)40-26-7-5-6-25(39-26)30(2,45)32(33,34)35)38-22-8-10-23(11-9-22)43-19-14-31(15-20-43)12-17-42(3)18-13-31/h4-11,21,45H,1,12-20H2,2-3H3,(H,36,44)(H2,37,38,39,40,41)/t30-/m1/s1. The Morgan fingerprint density at radius 2 is 1.69 bits per heavy atom. The zero-order chi connectivity index (χ0) is 32.2. The van der Waals surface area contributed by atoms with Gasteiger partial charge in [-0.1, -0.05) is 12.1 Å². The minimum Gasteiger partial charge on any atom is -0.375 e. The van der Waals surface area contributed by atoms with Gasteiger partial charge in [-0.25, -0.2) is 9.97 Å². The van der Waals surface area contributed by atoms with Gasteiger partial charge in [0.25, 0.3) is 5.91 Å². The third-order valence-corrected chi connectivity index (χ3v) is 8.85. The molecule has 5 rings (SSSR count). The fourth-order valence-electron chi connectivity index (χ4n) is 5.72. The van der Waals surface area contributed by atoms with Crippen molar-refractivity contribution >= 4 is 34.9 Å². The fraction of sp³-hybridized carbons (Fsp3) is 0.438. The number of nitrogens with one attached hydrogen (secondary N) is 3. The first-order valence-corrected chi connectivity index (χ1v) is 15.0. The van der Waals surface area contributed by atoms with Gasteiger partial charge in [-0.05, 0) is 94.6 Å². The first-order chi connectivity index (χ1) is 21.4. The van der Waals surface area contributed by atoms with Crippen molar-refractivity contribution in [3.8, 4) is 0 Å². The zero-order valence-corrected chi connectivity index (χ0v) is 25.5. The first-order valence-electron chi connectivity index (χ1n) is 15.0. The molecule has 3 aromatic rings. The van der Waals surface area contributed by atoms with E-state index >= 15 is 0 Å². The van der Waals surface area contributed by atoms with E-state index in [2.05, 4.69) is 54.3 Å². The molecule has 45 heavy (non-hydrogen) atoms. The molecule has 2 aliphatic rings. The number of benzene rings is 1. The van der Waals surface area contributed by atoms with Gasteiger partial charge >= 0.3 is 6.18 Å². The average molecular weight is 625 g/mol. The Morgan fingerprint density at radius 1 is 1.02 bits per heavy atom. The van der Waals surface area contributed by atoms with Crippen LogP contribution in [0.4, 0.5) is 42.1 Å². The topological polar surface area (TPSA) is 119 Å². The smallest absolute Gasteiger partial charge is 0.375 e. The summed E-state index contributed by atoms with van der Waals surface area (Å²) in [5.41, 5.74) is -1.42. The molecule has 0 aliphatic carbocycles. The highest BCUT2D eigenvalue weighted by molar-refractivity contribution is 5.99. The summed E-state index contributed by atoms with van der Waals surface area (Å²) in [5, 5.41) is 18.7. The molecule has 0 radical (unpaired) electrons. The van der Waals surface area contributed by atoms with Crippen LogP contribution in [-0.2, 0) is 5.60 Å². The van der Waals surface area contributed by atoms with Crippen LogP contribution in [0.25, 0.3) is 0 Å². The molecule has 1 amide bonds. The van der Waals surface area contributed by atoms with Crippen LogP contribution in [-0.4, -0.2) is 76.8 Å². The highest BCUT2D eigenvalue weighted by Crippen LogP contribution is 2.42. The molecular formula is C32H39F3N8O2. The maximum absolute atomic E-state index is 13.4. The van der Waals surface area contributed by atoms with E-state index in [1.54, 1.807) is 0 Å². The molecule has 2 aromatic heterocycles. The van der Waals surface area contributed by atoms with Crippen LogP contribution in [0.15, 0.2) is 61.3 Å². The number of nitrogens with zero attached hydrogens (tertiary/aromatic N) is 5. The van der Waals surface area contributed by atoms with Crippen LogP contribution in [0, 0.1) is 5.41 Å². The number of halogens is 3. The predicted octanol–water partition coefficient (Wildman–Crippen LogP) is 5.36. The molecule has 0 unspecified atom stereocenters. The van der Waals surface area contributed by atoms with Crippen molar-refractivity contribution in [2.24, 2.45) is 5.41 Å². The minimum absolute atomic E-state index is 0.0122. The first kappa shape index (κ1) is 32.2. The summed E-state index contributed by atoms with van der Waals surface area (Å²) in [5.74, 6) is -0.396. The van der Waals surface area contributed by atoms with Crippen molar-refractivity contribution < 1.29 is 23.1 Å². The van der Waals surface area contributed by atoms with Gasteiger partial charge in [-0.2, -0.15) is 18.2 Å². The highest BCUT2D eigenvalue weighted by Gasteiger charge is 2.52. The predicted molar refractivity (Wildman–Crippen MR) is 168 cm³/mol. The van der Waals surface area contributed by atoms with E-state index in [4.69, 9.17) is 0 Å². The second kappa shape index (κ2) is 13.0. The van der Waals surface area contributed by atoms with E-state index in [1.807, 2.05) is 24.3 Å². The summed E-state index contributed by atoms with van der Waals surface area (Å²) in [6.07, 6.45) is 2.80. The van der Waals surface area contributed by atoms with E-state index < -0.39 is 23.4 Å². The lowest BCUT2D eigenvalue weighted by Crippen LogP contribution is -2.46. The lowest BCUT2D eigenvalue weighted by atomic mass is 9.71. The second-order valence-electron chi connectivity index (χ2n) is 12.0. The van der Waals surface area contributed by atoms with Crippen LogP contribution in [0.1, 0.15) is 48.7 Å². The van der Waals surface area contributed by atoms with E-state index in [1.165, 1.54) is 63.2 Å². The lowest BCUT2D eigenvalue weighted by molar-refractivity contribution is -0.260. The molecule has 240 valence electrons. The van der Waals surface area contributed by atoms with Gasteiger partial charge in [0.2, 0.25) is 5.95 Å². The number of hydrogen-bond donors (Lipinski definition) is 4. The third kappa shape index (κ3) is 7.36. The Morgan fingerprint density at radius 3 is 2.33 bits per heavy atom. The van der Waals surface area contributed by atoms with Crippen molar-refractivity contribution in [3.05, 3.63) is 72.6 Å². The average Bonchev–Trinajstić information content (AvgIpc) is 3.02. The zero-order valence-electron chi connectivity index (χ0n) is 25.5. The molecule has 10 nitrogen and oxygen atoms in total. The van der Waals surface area contributed by atoms with Gasteiger partial charge in [0.1, 0.15) is 17.2 Å². The number of pyridine rings is 1. The summed E-state index contributed by atoms with van der Waals surface area (Å²) >= 11 is 0. The van der Waals surface area contributed by atoms with Gasteiger partial charge in [-0.3, -0.25) is 4.79 Å². The van der Waals surface area contributed by atoms with Gasteiger partial charge in [0.05, 0.1) is 5.69 Å². The van der Waals surface area contributed by atoms with E-state index in [9.17, 15) is 23.1 Å². The monoisotopic (exact) mass is 624 g/mol. The molecule has 2 saturated heterocycles. The van der Waals surface area contributed by atoms with Gasteiger partial charge in [0.15, 0.2) is 5.60 Å². The molecule has 1 spiro atoms.